The van der Waals surface area contributed by atoms with Crippen LogP contribution in [-0.2, 0) is 0 Å². The predicted molar refractivity (Wildman–Crippen MR) is 120 cm³/mol. The van der Waals surface area contributed by atoms with Gasteiger partial charge >= 0.3 is 0 Å². The Kier molecular flexibility index (Phi) is 3.35. The van der Waals surface area contributed by atoms with Gasteiger partial charge in [0.2, 0.25) is 0 Å². The Morgan fingerprint density at radius 1 is 0.643 bits per heavy atom. The van der Waals surface area contributed by atoms with E-state index in [0.717, 1.165) is 53.8 Å². The average Bonchev–Trinajstić information content (AvgIpc) is 3.13. The molecule has 2 heterocycles. The van der Waals surface area contributed by atoms with E-state index in [9.17, 15) is 0 Å². The van der Waals surface area contributed by atoms with Crippen molar-refractivity contribution in [2.45, 2.75) is 0 Å². The first kappa shape index (κ1) is 15.8. The van der Waals surface area contributed by atoms with Gasteiger partial charge in [-0.3, -0.25) is 4.98 Å². The zero-order valence-electron chi connectivity index (χ0n) is 14.8. The highest BCUT2D eigenvalue weighted by Crippen LogP contribution is 2.41. The summed E-state index contributed by atoms with van der Waals surface area (Å²) in [7, 11) is 0. The molecule has 6 aromatic rings. The van der Waals surface area contributed by atoms with Gasteiger partial charge in [-0.25, -0.2) is 0 Å². The Morgan fingerprint density at radius 2 is 1.36 bits per heavy atom. The predicted octanol–water partition coefficient (Wildman–Crippen LogP) is 7.72. The van der Waals surface area contributed by atoms with E-state index < -0.39 is 0 Å². The van der Waals surface area contributed by atoms with Crippen LogP contribution in [0.2, 0.25) is 0 Å². The molecule has 4 aromatic carbocycles. The van der Waals surface area contributed by atoms with Crippen LogP contribution >= 0.6 is 15.9 Å². The summed E-state index contributed by atoms with van der Waals surface area (Å²) < 4.78 is 7.33. The fraction of sp³-hybridized carbons (Fsp3) is 0. The summed E-state index contributed by atoms with van der Waals surface area (Å²) in [5.41, 5.74) is 5.04. The van der Waals surface area contributed by atoms with Crippen LogP contribution in [0.5, 0.6) is 0 Å². The van der Waals surface area contributed by atoms with Gasteiger partial charge in [-0.1, -0.05) is 66.7 Å². The summed E-state index contributed by atoms with van der Waals surface area (Å²) in [6, 6.07) is 27.3. The third-order valence-electron chi connectivity index (χ3n) is 5.38. The summed E-state index contributed by atoms with van der Waals surface area (Å²) in [5.74, 6) is 0. The van der Waals surface area contributed by atoms with E-state index in [1.807, 2.05) is 24.4 Å². The number of pyridine rings is 1. The van der Waals surface area contributed by atoms with E-state index in [4.69, 9.17) is 9.40 Å². The van der Waals surface area contributed by atoms with Gasteiger partial charge in [0.1, 0.15) is 11.2 Å². The lowest BCUT2D eigenvalue weighted by Crippen LogP contribution is -1.86. The quantitative estimate of drug-likeness (QED) is 0.253. The number of aromatic nitrogens is 1. The van der Waals surface area contributed by atoms with E-state index in [1.165, 1.54) is 5.39 Å². The topological polar surface area (TPSA) is 26.0 Å². The Hall–Kier alpha value is -3.17. The fourth-order valence-electron chi connectivity index (χ4n) is 4.14. The lowest BCUT2D eigenvalue weighted by atomic mass is 9.95. The Balaban J connectivity index is 1.80. The SMILES string of the molecule is Brc1cccc2c1oc1c(-c3cccc4ccc5cccnc5c34)cccc12. The number of hydrogen-bond donors (Lipinski definition) is 0. The number of rotatable bonds is 1. The Labute approximate surface area is 169 Å². The average molecular weight is 424 g/mol. The van der Waals surface area contributed by atoms with E-state index in [2.05, 4.69) is 76.6 Å². The maximum absolute atomic E-state index is 6.36. The molecule has 0 amide bonds. The van der Waals surface area contributed by atoms with Crippen LogP contribution in [0.1, 0.15) is 0 Å². The van der Waals surface area contributed by atoms with Crippen molar-refractivity contribution in [2.24, 2.45) is 0 Å². The minimum Gasteiger partial charge on any atom is -0.454 e. The van der Waals surface area contributed by atoms with Gasteiger partial charge in [0.25, 0.3) is 0 Å². The van der Waals surface area contributed by atoms with Crippen molar-refractivity contribution in [3.63, 3.8) is 0 Å². The van der Waals surface area contributed by atoms with Crippen LogP contribution in [0, 0.1) is 0 Å². The second kappa shape index (κ2) is 5.91. The number of furan rings is 1. The van der Waals surface area contributed by atoms with Gasteiger partial charge in [-0.2, -0.15) is 0 Å². The van der Waals surface area contributed by atoms with Crippen LogP contribution in [0.15, 0.2) is 93.9 Å². The molecule has 0 saturated carbocycles. The lowest BCUT2D eigenvalue weighted by Gasteiger charge is -2.10. The summed E-state index contributed by atoms with van der Waals surface area (Å²) in [6.07, 6.45) is 1.86. The molecule has 0 unspecified atom stereocenters. The number of fused-ring (bicyclic) bond motifs is 6. The van der Waals surface area contributed by atoms with E-state index in [1.54, 1.807) is 0 Å². The largest absolute Gasteiger partial charge is 0.454 e. The van der Waals surface area contributed by atoms with Gasteiger partial charge < -0.3 is 4.42 Å². The van der Waals surface area contributed by atoms with Crippen LogP contribution in [0.3, 0.4) is 0 Å². The fourth-order valence-corrected chi connectivity index (χ4v) is 4.58. The maximum atomic E-state index is 6.36. The van der Waals surface area contributed by atoms with E-state index in [-0.39, 0.29) is 0 Å². The molecule has 3 heteroatoms. The van der Waals surface area contributed by atoms with Crippen LogP contribution < -0.4 is 0 Å². The molecule has 0 saturated heterocycles. The molecule has 0 radical (unpaired) electrons. The molecule has 2 aromatic heterocycles. The molecule has 0 aliphatic carbocycles. The molecule has 132 valence electrons. The first-order chi connectivity index (χ1) is 13.8. The molecule has 0 bridgehead atoms. The van der Waals surface area contributed by atoms with Crippen molar-refractivity contribution in [1.82, 2.24) is 4.98 Å². The molecule has 0 N–H and O–H groups in total. The maximum Gasteiger partial charge on any atom is 0.149 e. The number of halogens is 1. The van der Waals surface area contributed by atoms with E-state index >= 15 is 0 Å². The van der Waals surface area contributed by atoms with Crippen molar-refractivity contribution in [1.29, 1.82) is 0 Å². The first-order valence-corrected chi connectivity index (χ1v) is 9.97. The van der Waals surface area contributed by atoms with Gasteiger partial charge in [0.05, 0.1) is 9.99 Å². The van der Waals surface area contributed by atoms with Crippen molar-refractivity contribution in [3.05, 3.63) is 89.5 Å². The number of nitrogens with zero attached hydrogens (tertiary/aromatic N) is 1. The molecule has 0 spiro atoms. The number of para-hydroxylation sites is 2. The molecular formula is C25H14BrNO. The third kappa shape index (κ3) is 2.17. The van der Waals surface area contributed by atoms with Gasteiger partial charge in [-0.15, -0.1) is 0 Å². The van der Waals surface area contributed by atoms with E-state index in [0.29, 0.717) is 0 Å². The van der Waals surface area contributed by atoms with Crippen molar-refractivity contribution in [3.8, 4) is 11.1 Å². The van der Waals surface area contributed by atoms with Crippen LogP contribution in [-0.4, -0.2) is 4.98 Å². The molecule has 0 aliphatic heterocycles. The molecular weight excluding hydrogens is 410 g/mol. The molecule has 2 nitrogen and oxygen atoms in total. The highest BCUT2D eigenvalue weighted by atomic mass is 79.9. The van der Waals surface area contributed by atoms with Gasteiger partial charge in [0.15, 0.2) is 0 Å². The number of hydrogen-bond acceptors (Lipinski definition) is 2. The minimum atomic E-state index is 0.883. The van der Waals surface area contributed by atoms with Crippen molar-refractivity contribution >= 4 is 59.5 Å². The molecule has 0 aliphatic rings. The Bertz CT molecular complexity index is 1530. The first-order valence-electron chi connectivity index (χ1n) is 9.18. The Morgan fingerprint density at radius 3 is 2.29 bits per heavy atom. The smallest absolute Gasteiger partial charge is 0.149 e. The molecule has 0 fully saturated rings. The molecule has 28 heavy (non-hydrogen) atoms. The zero-order valence-corrected chi connectivity index (χ0v) is 16.4. The standard InChI is InChI=1S/C25H14BrNO/c26-21-11-3-10-20-19-9-2-8-18(24(19)28-25(20)21)17-7-1-5-15-12-13-16-6-4-14-27-23(16)22(15)17/h1-14H. The highest BCUT2D eigenvalue weighted by Gasteiger charge is 2.16. The van der Waals surface area contributed by atoms with Crippen molar-refractivity contribution in [2.75, 3.05) is 0 Å². The number of benzene rings is 4. The monoisotopic (exact) mass is 423 g/mol. The lowest BCUT2D eigenvalue weighted by molar-refractivity contribution is 0.668. The summed E-state index contributed by atoms with van der Waals surface area (Å²) in [5, 5.41) is 5.72. The summed E-state index contributed by atoms with van der Waals surface area (Å²) in [6.45, 7) is 0. The summed E-state index contributed by atoms with van der Waals surface area (Å²) >= 11 is 3.62. The van der Waals surface area contributed by atoms with Crippen molar-refractivity contribution < 1.29 is 4.42 Å². The zero-order chi connectivity index (χ0) is 18.7. The third-order valence-corrected chi connectivity index (χ3v) is 6.01. The summed E-state index contributed by atoms with van der Waals surface area (Å²) in [4.78, 5) is 4.69. The minimum absolute atomic E-state index is 0.883. The highest BCUT2D eigenvalue weighted by molar-refractivity contribution is 9.10. The van der Waals surface area contributed by atoms with Crippen LogP contribution in [0.4, 0.5) is 0 Å². The molecule has 6 rings (SSSR count). The molecule has 0 atom stereocenters. The van der Waals surface area contributed by atoms with Gasteiger partial charge in [0, 0.05) is 33.3 Å². The van der Waals surface area contributed by atoms with Crippen LogP contribution in [0.25, 0.3) is 54.7 Å². The second-order valence-electron chi connectivity index (χ2n) is 6.95. The normalized spacial score (nSPS) is 11.8. The van der Waals surface area contributed by atoms with Gasteiger partial charge in [-0.05, 0) is 39.0 Å². The second-order valence-corrected chi connectivity index (χ2v) is 7.80.